The summed E-state index contributed by atoms with van der Waals surface area (Å²) in [4.78, 5) is 12.7. The lowest BCUT2D eigenvalue weighted by Crippen LogP contribution is -2.38. The van der Waals surface area contributed by atoms with Crippen LogP contribution in [0, 0.1) is 12.7 Å². The van der Waals surface area contributed by atoms with Gasteiger partial charge in [-0.05, 0) is 48.6 Å². The van der Waals surface area contributed by atoms with Crippen LogP contribution in [0.5, 0.6) is 0 Å². The summed E-state index contributed by atoms with van der Waals surface area (Å²) >= 11 is 6.36. The number of nitrogens with one attached hydrogen (secondary N) is 1. The Morgan fingerprint density at radius 3 is 2.70 bits per heavy atom. The molecule has 146 valence electrons. The lowest BCUT2D eigenvalue weighted by atomic mass is 9.96. The summed E-state index contributed by atoms with van der Waals surface area (Å²) in [7, 11) is 0. The Labute approximate surface area is 169 Å². The summed E-state index contributed by atoms with van der Waals surface area (Å²) < 4.78 is 19.4. The highest BCUT2D eigenvalue weighted by Crippen LogP contribution is 2.30. The number of hydrogen-bond acceptors (Lipinski definition) is 3. The Morgan fingerprint density at radius 1 is 1.33 bits per heavy atom. The van der Waals surface area contributed by atoms with E-state index in [1.54, 1.807) is 25.1 Å². The lowest BCUT2D eigenvalue weighted by Gasteiger charge is -2.23. The topological polar surface area (TPSA) is 64.4 Å². The van der Waals surface area contributed by atoms with Crippen molar-refractivity contribution in [3.05, 3.63) is 70.0 Å². The van der Waals surface area contributed by atoms with E-state index in [4.69, 9.17) is 22.1 Å². The van der Waals surface area contributed by atoms with E-state index in [0.29, 0.717) is 23.6 Å². The van der Waals surface area contributed by atoms with Gasteiger partial charge in [-0.3, -0.25) is 4.79 Å². The molecule has 27 heavy (non-hydrogen) atoms. The molecule has 1 unspecified atom stereocenters. The van der Waals surface area contributed by atoms with E-state index in [1.165, 1.54) is 6.07 Å². The van der Waals surface area contributed by atoms with Crippen LogP contribution in [0.4, 0.5) is 4.39 Å². The summed E-state index contributed by atoms with van der Waals surface area (Å²) in [5, 5.41) is 3.55. The van der Waals surface area contributed by atoms with E-state index in [-0.39, 0.29) is 30.2 Å². The largest absolute Gasteiger partial charge is 0.364 e. The Balaban J connectivity index is 0.00000261. The molecular formula is C20H23Cl2FN2O2. The molecule has 0 saturated carbocycles. The van der Waals surface area contributed by atoms with Crippen LogP contribution in [0.15, 0.2) is 42.5 Å². The zero-order valence-electron chi connectivity index (χ0n) is 15.0. The average molecular weight is 413 g/mol. The Hall–Kier alpha value is -1.66. The molecule has 0 aliphatic carbocycles. The van der Waals surface area contributed by atoms with Gasteiger partial charge >= 0.3 is 0 Å². The molecule has 1 aliphatic rings. The van der Waals surface area contributed by atoms with Gasteiger partial charge in [0.25, 0.3) is 0 Å². The minimum atomic E-state index is -0.532. The van der Waals surface area contributed by atoms with Crippen molar-refractivity contribution in [2.24, 2.45) is 5.73 Å². The number of hydrogen-bond donors (Lipinski definition) is 2. The summed E-state index contributed by atoms with van der Waals surface area (Å²) in [5.74, 6) is -0.504. The maximum atomic E-state index is 13.7. The predicted molar refractivity (Wildman–Crippen MR) is 107 cm³/mol. The first kappa shape index (κ1) is 21.6. The minimum Gasteiger partial charge on any atom is -0.364 e. The van der Waals surface area contributed by atoms with Gasteiger partial charge in [-0.2, -0.15) is 0 Å². The van der Waals surface area contributed by atoms with Gasteiger partial charge in [-0.15, -0.1) is 12.4 Å². The van der Waals surface area contributed by atoms with Gasteiger partial charge < -0.3 is 15.8 Å². The average Bonchev–Trinajstić information content (AvgIpc) is 3.12. The van der Waals surface area contributed by atoms with Crippen LogP contribution in [0.3, 0.4) is 0 Å². The highest BCUT2D eigenvalue weighted by atomic mass is 35.5. The summed E-state index contributed by atoms with van der Waals surface area (Å²) in [6.45, 7) is 2.09. The monoisotopic (exact) mass is 412 g/mol. The smallest absolute Gasteiger partial charge is 0.249 e. The number of rotatable bonds is 5. The molecule has 3 atom stereocenters. The molecule has 1 heterocycles. The van der Waals surface area contributed by atoms with Crippen molar-refractivity contribution < 1.29 is 13.9 Å². The lowest BCUT2D eigenvalue weighted by molar-refractivity contribution is -0.132. The van der Waals surface area contributed by atoms with Crippen LogP contribution in [-0.2, 0) is 9.53 Å². The molecular weight excluding hydrogens is 390 g/mol. The fourth-order valence-corrected chi connectivity index (χ4v) is 3.45. The third-order valence-corrected chi connectivity index (χ3v) is 5.03. The number of benzene rings is 2. The Kier molecular flexibility index (Phi) is 7.62. The van der Waals surface area contributed by atoms with Gasteiger partial charge in [-0.25, -0.2) is 4.39 Å². The zero-order valence-corrected chi connectivity index (χ0v) is 16.5. The highest BCUT2D eigenvalue weighted by molar-refractivity contribution is 6.31. The number of halogens is 3. The van der Waals surface area contributed by atoms with Crippen molar-refractivity contribution in [3.8, 4) is 0 Å². The van der Waals surface area contributed by atoms with Crippen molar-refractivity contribution in [2.75, 3.05) is 6.54 Å². The molecule has 0 radical (unpaired) electrons. The maximum Gasteiger partial charge on any atom is 0.249 e. The third kappa shape index (κ3) is 4.99. The maximum absolute atomic E-state index is 13.7. The van der Waals surface area contributed by atoms with Crippen LogP contribution in [0.2, 0.25) is 5.02 Å². The standard InChI is InChI=1S/C20H22ClFN2O2.ClH/c1-12-10-13(6-8-17(12)22)19(15-4-2-3-5-16(15)21)24-20(25)18-9-7-14(11-23)26-18;/h2-6,8,10,14,18-19H,7,9,11,23H2,1H3,(H,24,25);1H/t14-,18+,19?;/m1./s1. The molecule has 4 nitrogen and oxygen atoms in total. The first-order chi connectivity index (χ1) is 12.5. The van der Waals surface area contributed by atoms with Gasteiger partial charge in [0.05, 0.1) is 12.1 Å². The minimum absolute atomic E-state index is 0. The molecule has 0 aromatic heterocycles. The number of nitrogens with two attached hydrogens (primary N) is 1. The van der Waals surface area contributed by atoms with Gasteiger partial charge in [-0.1, -0.05) is 41.9 Å². The molecule has 2 aromatic carbocycles. The van der Waals surface area contributed by atoms with E-state index >= 15 is 0 Å². The molecule has 1 saturated heterocycles. The number of amides is 1. The van der Waals surface area contributed by atoms with Crippen molar-refractivity contribution >= 4 is 29.9 Å². The molecule has 1 aliphatic heterocycles. The second-order valence-corrected chi connectivity index (χ2v) is 6.94. The molecule has 3 N–H and O–H groups in total. The molecule has 1 amide bonds. The van der Waals surface area contributed by atoms with Crippen LogP contribution >= 0.6 is 24.0 Å². The second-order valence-electron chi connectivity index (χ2n) is 6.53. The van der Waals surface area contributed by atoms with Gasteiger partial charge in [0.15, 0.2) is 0 Å². The normalized spacial score (nSPS) is 20.0. The molecule has 0 spiro atoms. The predicted octanol–water partition coefficient (Wildman–Crippen LogP) is 3.92. The van der Waals surface area contributed by atoms with Crippen LogP contribution < -0.4 is 11.1 Å². The summed E-state index contributed by atoms with van der Waals surface area (Å²) in [6.07, 6.45) is 0.777. The highest BCUT2D eigenvalue weighted by Gasteiger charge is 2.32. The molecule has 0 bridgehead atoms. The van der Waals surface area contributed by atoms with Crippen molar-refractivity contribution in [1.82, 2.24) is 5.32 Å². The summed E-state index contributed by atoms with van der Waals surface area (Å²) in [6, 6.07) is 11.6. The number of ether oxygens (including phenoxy) is 1. The van der Waals surface area contributed by atoms with Crippen LogP contribution in [0.1, 0.15) is 35.6 Å². The fourth-order valence-electron chi connectivity index (χ4n) is 3.20. The second kappa shape index (κ2) is 9.51. The third-order valence-electron chi connectivity index (χ3n) is 4.68. The van der Waals surface area contributed by atoms with E-state index < -0.39 is 12.1 Å². The van der Waals surface area contributed by atoms with Gasteiger partial charge in [0.1, 0.15) is 11.9 Å². The number of aryl methyl sites for hydroxylation is 1. The van der Waals surface area contributed by atoms with Gasteiger partial charge in [0, 0.05) is 11.6 Å². The number of carbonyl (C=O) groups excluding carboxylic acids is 1. The van der Waals surface area contributed by atoms with Crippen molar-refractivity contribution in [3.63, 3.8) is 0 Å². The Morgan fingerprint density at radius 2 is 2.07 bits per heavy atom. The van der Waals surface area contributed by atoms with Crippen molar-refractivity contribution in [2.45, 2.75) is 38.0 Å². The molecule has 7 heteroatoms. The van der Waals surface area contributed by atoms with Crippen LogP contribution in [0.25, 0.3) is 0 Å². The molecule has 1 fully saturated rings. The van der Waals surface area contributed by atoms with E-state index in [0.717, 1.165) is 17.5 Å². The van der Waals surface area contributed by atoms with Crippen LogP contribution in [-0.4, -0.2) is 24.7 Å². The molecule has 3 rings (SSSR count). The zero-order chi connectivity index (χ0) is 18.7. The molecule has 2 aromatic rings. The summed E-state index contributed by atoms with van der Waals surface area (Å²) in [5.41, 5.74) is 7.64. The van der Waals surface area contributed by atoms with E-state index in [9.17, 15) is 9.18 Å². The van der Waals surface area contributed by atoms with E-state index in [1.807, 2.05) is 18.2 Å². The quantitative estimate of drug-likeness (QED) is 0.781. The Bertz CT molecular complexity index is 803. The SMILES string of the molecule is Cc1cc(C(NC(=O)[C@@H]2CC[C@H](CN)O2)c2ccccc2Cl)ccc1F.Cl. The van der Waals surface area contributed by atoms with Crippen molar-refractivity contribution in [1.29, 1.82) is 0 Å². The fraction of sp³-hybridized carbons (Fsp3) is 0.350. The van der Waals surface area contributed by atoms with Gasteiger partial charge in [0.2, 0.25) is 5.91 Å². The van der Waals surface area contributed by atoms with E-state index in [2.05, 4.69) is 5.32 Å². The first-order valence-corrected chi connectivity index (χ1v) is 9.03. The number of carbonyl (C=O) groups is 1. The first-order valence-electron chi connectivity index (χ1n) is 8.66.